The molecular weight excluding hydrogens is 592 g/mol. The first kappa shape index (κ1) is 29.8. The summed E-state index contributed by atoms with van der Waals surface area (Å²) in [5.74, 6) is 1.09. The summed E-state index contributed by atoms with van der Waals surface area (Å²) in [4.78, 5) is 32.8. The lowest BCUT2D eigenvalue weighted by molar-refractivity contribution is -0.139. The Kier molecular flexibility index (Phi) is 9.68. The Morgan fingerprint density at radius 3 is 2.48 bits per heavy atom. The van der Waals surface area contributed by atoms with Gasteiger partial charge in [-0.05, 0) is 77.0 Å². The van der Waals surface area contributed by atoms with Crippen molar-refractivity contribution in [1.82, 2.24) is 4.57 Å². The predicted octanol–water partition coefficient (Wildman–Crippen LogP) is 5.87. The van der Waals surface area contributed by atoms with E-state index in [0.717, 1.165) is 22.0 Å². The van der Waals surface area contributed by atoms with Gasteiger partial charge in [0.25, 0.3) is 5.56 Å². The molecule has 0 spiro atoms. The lowest BCUT2D eigenvalue weighted by Crippen LogP contribution is -2.40. The zero-order valence-corrected chi connectivity index (χ0v) is 26.1. The van der Waals surface area contributed by atoms with Gasteiger partial charge < -0.3 is 14.2 Å². The average molecular weight is 628 g/mol. The van der Waals surface area contributed by atoms with Crippen LogP contribution in [0.4, 0.5) is 0 Å². The van der Waals surface area contributed by atoms with Gasteiger partial charge in [-0.15, -0.1) is 0 Å². The number of fused-ring (bicyclic) bond motifs is 1. The van der Waals surface area contributed by atoms with Crippen LogP contribution in [0.25, 0.3) is 6.08 Å². The van der Waals surface area contributed by atoms with E-state index in [4.69, 9.17) is 19.2 Å². The first-order chi connectivity index (χ1) is 19.2. The largest absolute Gasteiger partial charge is 0.493 e. The normalized spacial score (nSPS) is 15.2. The molecule has 1 aliphatic rings. The second-order valence-electron chi connectivity index (χ2n) is 9.70. The molecule has 0 unspecified atom stereocenters. The second-order valence-corrected chi connectivity index (χ2v) is 11.6. The van der Waals surface area contributed by atoms with Crippen LogP contribution >= 0.6 is 27.3 Å². The van der Waals surface area contributed by atoms with Gasteiger partial charge in [-0.25, -0.2) is 9.79 Å². The topological polar surface area (TPSA) is 79.1 Å². The van der Waals surface area contributed by atoms with Gasteiger partial charge in [-0.1, -0.05) is 62.8 Å². The van der Waals surface area contributed by atoms with Crippen LogP contribution in [-0.2, 0) is 9.53 Å². The molecule has 1 atom stereocenters. The third kappa shape index (κ3) is 5.95. The molecule has 40 heavy (non-hydrogen) atoms. The SMILES string of the molecule is CCCC1=C(C(=O)OCC)[C@@H](c2ccc(C(C)C)cc2)n2c(s/c(=C\c3cc(Br)c(OCC)c(OC)c3)c2=O)=N1. The van der Waals surface area contributed by atoms with E-state index in [9.17, 15) is 9.59 Å². The standard InChI is InChI=1S/C31H35BrN2O5S/c1-7-10-23-26(30(36)39-9-3)27(21-13-11-20(12-14-21)18(4)5)34-29(35)25(40-31(34)33-23)17-19-15-22(32)28(38-8-2)24(16-19)37-6/h11-18,27H,7-10H2,1-6H3/b25-17-/t27-/m1/s1. The van der Waals surface area contributed by atoms with E-state index in [1.54, 1.807) is 18.6 Å². The Bertz CT molecular complexity index is 1600. The van der Waals surface area contributed by atoms with E-state index in [1.165, 1.54) is 16.9 Å². The van der Waals surface area contributed by atoms with E-state index in [-0.39, 0.29) is 12.2 Å². The van der Waals surface area contributed by atoms with E-state index in [2.05, 4.69) is 41.9 Å². The monoisotopic (exact) mass is 626 g/mol. The van der Waals surface area contributed by atoms with E-state index >= 15 is 0 Å². The fourth-order valence-corrected chi connectivity index (χ4v) is 6.35. The minimum atomic E-state index is -0.637. The minimum Gasteiger partial charge on any atom is -0.493 e. The Balaban J connectivity index is 1.96. The number of hydrogen-bond acceptors (Lipinski definition) is 7. The summed E-state index contributed by atoms with van der Waals surface area (Å²) < 4.78 is 19.6. The molecule has 4 rings (SSSR count). The number of esters is 1. The Hall–Kier alpha value is -3.17. The molecule has 1 aliphatic heterocycles. The number of halogens is 1. The minimum absolute atomic E-state index is 0.219. The van der Waals surface area contributed by atoms with E-state index in [1.807, 2.05) is 44.2 Å². The number of carbonyl (C=O) groups excluding carboxylic acids is 1. The molecule has 0 amide bonds. The Morgan fingerprint density at radius 1 is 1.15 bits per heavy atom. The van der Waals surface area contributed by atoms with Gasteiger partial charge in [0.2, 0.25) is 0 Å². The first-order valence-electron chi connectivity index (χ1n) is 13.6. The van der Waals surface area contributed by atoms with Crippen molar-refractivity contribution in [1.29, 1.82) is 0 Å². The number of carbonyl (C=O) groups is 1. The van der Waals surface area contributed by atoms with Crippen molar-refractivity contribution >= 4 is 39.3 Å². The molecule has 9 heteroatoms. The summed E-state index contributed by atoms with van der Waals surface area (Å²) in [5.41, 5.74) is 3.66. The summed E-state index contributed by atoms with van der Waals surface area (Å²) in [7, 11) is 1.58. The maximum absolute atomic E-state index is 14.0. The number of thiazole rings is 1. The van der Waals surface area contributed by atoms with Crippen LogP contribution in [0.15, 0.2) is 61.9 Å². The van der Waals surface area contributed by atoms with Gasteiger partial charge in [-0.2, -0.15) is 0 Å². The molecule has 212 valence electrons. The van der Waals surface area contributed by atoms with Crippen molar-refractivity contribution in [3.8, 4) is 11.5 Å². The van der Waals surface area contributed by atoms with Crippen molar-refractivity contribution in [2.24, 2.45) is 4.99 Å². The molecule has 0 saturated carbocycles. The van der Waals surface area contributed by atoms with Crippen molar-refractivity contribution in [2.75, 3.05) is 20.3 Å². The maximum Gasteiger partial charge on any atom is 0.338 e. The summed E-state index contributed by atoms with van der Waals surface area (Å²) in [6.45, 7) is 10.7. The third-order valence-corrected chi connectivity index (χ3v) is 8.22. The number of allylic oxidation sites excluding steroid dienone is 1. The van der Waals surface area contributed by atoms with Gasteiger partial charge in [0.1, 0.15) is 0 Å². The van der Waals surface area contributed by atoms with Gasteiger partial charge in [0.05, 0.1) is 46.6 Å². The Labute approximate surface area is 246 Å². The molecule has 0 saturated heterocycles. The fraction of sp³-hybridized carbons (Fsp3) is 0.387. The maximum atomic E-state index is 14.0. The summed E-state index contributed by atoms with van der Waals surface area (Å²) >= 11 is 4.88. The number of ether oxygens (including phenoxy) is 3. The highest BCUT2D eigenvalue weighted by Crippen LogP contribution is 2.37. The lowest BCUT2D eigenvalue weighted by Gasteiger charge is -2.26. The first-order valence-corrected chi connectivity index (χ1v) is 15.2. The van der Waals surface area contributed by atoms with Gasteiger partial charge in [-0.3, -0.25) is 9.36 Å². The van der Waals surface area contributed by atoms with Crippen molar-refractivity contribution in [3.63, 3.8) is 0 Å². The summed E-state index contributed by atoms with van der Waals surface area (Å²) in [5, 5.41) is 0. The van der Waals surface area contributed by atoms with Gasteiger partial charge in [0.15, 0.2) is 16.3 Å². The molecule has 0 N–H and O–H groups in total. The quantitative estimate of drug-likeness (QED) is 0.263. The molecule has 3 aromatic rings. The number of nitrogens with zero attached hydrogens (tertiary/aromatic N) is 2. The third-order valence-electron chi connectivity index (χ3n) is 6.65. The molecule has 2 aromatic carbocycles. The zero-order valence-electron chi connectivity index (χ0n) is 23.7. The molecule has 0 bridgehead atoms. The molecule has 7 nitrogen and oxygen atoms in total. The highest BCUT2D eigenvalue weighted by molar-refractivity contribution is 9.10. The van der Waals surface area contributed by atoms with Crippen LogP contribution in [0, 0.1) is 0 Å². The van der Waals surface area contributed by atoms with Crippen LogP contribution in [0.1, 0.15) is 76.1 Å². The molecule has 0 fully saturated rings. The van der Waals surface area contributed by atoms with Crippen LogP contribution in [-0.4, -0.2) is 30.9 Å². The number of hydrogen-bond donors (Lipinski definition) is 0. The molecule has 1 aromatic heterocycles. The highest BCUT2D eigenvalue weighted by atomic mass is 79.9. The zero-order chi connectivity index (χ0) is 29.0. The van der Waals surface area contributed by atoms with Crippen molar-refractivity contribution < 1.29 is 19.0 Å². The van der Waals surface area contributed by atoms with E-state index in [0.29, 0.717) is 51.0 Å². The smallest absolute Gasteiger partial charge is 0.338 e. The highest BCUT2D eigenvalue weighted by Gasteiger charge is 2.34. The van der Waals surface area contributed by atoms with Gasteiger partial charge in [0, 0.05) is 0 Å². The van der Waals surface area contributed by atoms with Crippen LogP contribution in [0.3, 0.4) is 0 Å². The van der Waals surface area contributed by atoms with Crippen LogP contribution in [0.5, 0.6) is 11.5 Å². The van der Waals surface area contributed by atoms with E-state index < -0.39 is 12.0 Å². The van der Waals surface area contributed by atoms with Crippen molar-refractivity contribution in [3.05, 3.63) is 88.5 Å². The second kappa shape index (κ2) is 13.0. The number of rotatable bonds is 10. The van der Waals surface area contributed by atoms with Crippen LogP contribution < -0.4 is 24.4 Å². The van der Waals surface area contributed by atoms with Crippen molar-refractivity contribution in [2.45, 2.75) is 59.4 Å². The van der Waals surface area contributed by atoms with Gasteiger partial charge >= 0.3 is 5.97 Å². The number of methoxy groups -OCH3 is 1. The molecular formula is C31H35BrN2O5S. The Morgan fingerprint density at radius 2 is 1.88 bits per heavy atom. The molecule has 0 aliphatic carbocycles. The molecule has 0 radical (unpaired) electrons. The fourth-order valence-electron chi connectivity index (χ4n) is 4.76. The predicted molar refractivity (Wildman–Crippen MR) is 162 cm³/mol. The lowest BCUT2D eigenvalue weighted by atomic mass is 9.92. The summed E-state index contributed by atoms with van der Waals surface area (Å²) in [6.07, 6.45) is 3.22. The number of benzene rings is 2. The number of aromatic nitrogens is 1. The summed E-state index contributed by atoms with van der Waals surface area (Å²) in [6, 6.07) is 11.2. The molecule has 2 heterocycles. The van der Waals surface area contributed by atoms with Crippen LogP contribution in [0.2, 0.25) is 0 Å². The average Bonchev–Trinajstić information content (AvgIpc) is 3.23.